The molecule has 1 atom stereocenters. The van der Waals surface area contributed by atoms with Gasteiger partial charge in [0.2, 0.25) is 0 Å². The van der Waals surface area contributed by atoms with Crippen LogP contribution in [0.5, 0.6) is 0 Å². The summed E-state index contributed by atoms with van der Waals surface area (Å²) < 4.78 is 0. The number of rotatable bonds is 5. The van der Waals surface area contributed by atoms with Crippen molar-refractivity contribution in [1.82, 2.24) is 15.1 Å². The van der Waals surface area contributed by atoms with Crippen LogP contribution >= 0.6 is 23.2 Å². The number of likely N-dealkylation sites (N-methyl/N-ethyl adjacent to an activating group) is 1. The second-order valence-corrected chi connectivity index (χ2v) is 6.78. The summed E-state index contributed by atoms with van der Waals surface area (Å²) in [6, 6.07) is 10.1. The average Bonchev–Trinajstić information content (AvgIpc) is 3.00. The van der Waals surface area contributed by atoms with Crippen LogP contribution in [0.15, 0.2) is 36.5 Å². The Bertz CT molecular complexity index is 630. The highest BCUT2D eigenvalue weighted by Crippen LogP contribution is 2.27. The third-order valence-electron chi connectivity index (χ3n) is 4.24. The summed E-state index contributed by atoms with van der Waals surface area (Å²) >= 11 is 12.6. The van der Waals surface area contributed by atoms with E-state index in [2.05, 4.69) is 27.0 Å². The number of nitrogens with zero attached hydrogens (tertiary/aromatic N) is 4. The molecule has 2 aromatic rings. The van der Waals surface area contributed by atoms with E-state index >= 15 is 0 Å². The van der Waals surface area contributed by atoms with E-state index in [4.69, 9.17) is 23.2 Å². The van der Waals surface area contributed by atoms with Gasteiger partial charge in [-0.25, -0.2) is 0 Å². The van der Waals surface area contributed by atoms with Crippen molar-refractivity contribution in [3.8, 4) is 0 Å². The molecular formula is C17H20Cl2N4. The molecule has 1 fully saturated rings. The van der Waals surface area contributed by atoms with Crippen LogP contribution in [0.3, 0.4) is 0 Å². The van der Waals surface area contributed by atoms with Crippen molar-refractivity contribution in [3.05, 3.63) is 52.1 Å². The monoisotopic (exact) mass is 350 g/mol. The molecule has 1 aromatic heterocycles. The number of aromatic nitrogens is 2. The van der Waals surface area contributed by atoms with Crippen molar-refractivity contribution in [3.63, 3.8) is 0 Å². The maximum Gasteiger partial charge on any atom is 0.151 e. The molecule has 6 heteroatoms. The molecule has 3 rings (SSSR count). The van der Waals surface area contributed by atoms with Gasteiger partial charge < -0.3 is 4.90 Å². The zero-order valence-corrected chi connectivity index (χ0v) is 14.6. The first-order chi connectivity index (χ1) is 11.1. The van der Waals surface area contributed by atoms with E-state index in [0.29, 0.717) is 6.04 Å². The highest BCUT2D eigenvalue weighted by Gasteiger charge is 2.27. The number of halogens is 2. The fraction of sp³-hybridized carbons (Fsp3) is 0.412. The van der Waals surface area contributed by atoms with Crippen LogP contribution in [0.2, 0.25) is 10.0 Å². The lowest BCUT2D eigenvalue weighted by atomic mass is 10.1. The van der Waals surface area contributed by atoms with E-state index in [9.17, 15) is 0 Å². The molecule has 1 aliphatic rings. The molecule has 2 heterocycles. The van der Waals surface area contributed by atoms with Gasteiger partial charge in [-0.15, -0.1) is 5.10 Å². The molecule has 4 nitrogen and oxygen atoms in total. The SMILES string of the molecule is CN(Cc1c(Cl)cccc1Cl)CC1CCCN1c1cccnn1. The second kappa shape index (κ2) is 7.47. The van der Waals surface area contributed by atoms with Gasteiger partial charge >= 0.3 is 0 Å². The van der Waals surface area contributed by atoms with Crippen molar-refractivity contribution in [2.45, 2.75) is 25.4 Å². The number of anilines is 1. The zero-order chi connectivity index (χ0) is 16.2. The van der Waals surface area contributed by atoms with Crippen molar-refractivity contribution in [2.75, 3.05) is 25.0 Å². The van der Waals surface area contributed by atoms with Crippen molar-refractivity contribution >= 4 is 29.0 Å². The van der Waals surface area contributed by atoms with Crippen molar-refractivity contribution in [1.29, 1.82) is 0 Å². The highest BCUT2D eigenvalue weighted by atomic mass is 35.5. The van der Waals surface area contributed by atoms with E-state index < -0.39 is 0 Å². The molecule has 0 aliphatic carbocycles. The van der Waals surface area contributed by atoms with Crippen LogP contribution in [-0.2, 0) is 6.54 Å². The predicted octanol–water partition coefficient (Wildman–Crippen LogP) is 3.88. The smallest absolute Gasteiger partial charge is 0.151 e. The predicted molar refractivity (Wildman–Crippen MR) is 95.2 cm³/mol. The maximum atomic E-state index is 6.28. The minimum absolute atomic E-state index is 0.443. The van der Waals surface area contributed by atoms with Gasteiger partial charge in [-0.3, -0.25) is 4.90 Å². The fourth-order valence-electron chi connectivity index (χ4n) is 3.15. The van der Waals surface area contributed by atoms with Gasteiger partial charge in [-0.1, -0.05) is 29.3 Å². The standard InChI is InChI=1S/C17H20Cl2N4/c1-22(12-14-15(18)6-2-7-16(14)19)11-13-5-4-10-23(13)17-8-3-9-20-21-17/h2-3,6-9,13H,4-5,10-12H2,1H3. The lowest BCUT2D eigenvalue weighted by Gasteiger charge is -2.29. The average molecular weight is 351 g/mol. The molecule has 1 aliphatic heterocycles. The third kappa shape index (κ3) is 3.94. The quantitative estimate of drug-likeness (QED) is 0.818. The van der Waals surface area contributed by atoms with Crippen LogP contribution in [0, 0.1) is 0 Å². The molecule has 1 saturated heterocycles. The van der Waals surface area contributed by atoms with Crippen LogP contribution < -0.4 is 4.90 Å². The minimum atomic E-state index is 0.443. The van der Waals surface area contributed by atoms with Gasteiger partial charge in [-0.05, 0) is 44.2 Å². The normalized spacial score (nSPS) is 17.9. The first kappa shape index (κ1) is 16.5. The highest BCUT2D eigenvalue weighted by molar-refractivity contribution is 6.35. The van der Waals surface area contributed by atoms with Gasteiger partial charge in [0.05, 0.1) is 0 Å². The van der Waals surface area contributed by atoms with E-state index in [1.807, 2.05) is 30.3 Å². The van der Waals surface area contributed by atoms with E-state index in [1.165, 1.54) is 6.42 Å². The lowest BCUT2D eigenvalue weighted by molar-refractivity contribution is 0.303. The summed E-state index contributed by atoms with van der Waals surface area (Å²) in [5.41, 5.74) is 0.988. The summed E-state index contributed by atoms with van der Waals surface area (Å²) in [7, 11) is 2.10. The minimum Gasteiger partial charge on any atom is -0.351 e. The lowest BCUT2D eigenvalue weighted by Crippen LogP contribution is -2.39. The van der Waals surface area contributed by atoms with Gasteiger partial charge in [-0.2, -0.15) is 5.10 Å². The molecule has 23 heavy (non-hydrogen) atoms. The summed E-state index contributed by atoms with van der Waals surface area (Å²) in [6.07, 6.45) is 4.05. The molecule has 1 unspecified atom stereocenters. The summed E-state index contributed by atoms with van der Waals surface area (Å²) in [5.74, 6) is 0.958. The Balaban J connectivity index is 1.66. The Labute approximate surface area is 147 Å². The maximum absolute atomic E-state index is 6.28. The van der Waals surface area contributed by atoms with E-state index in [-0.39, 0.29) is 0 Å². The summed E-state index contributed by atoms with van der Waals surface area (Å²) in [6.45, 7) is 2.71. The van der Waals surface area contributed by atoms with Crippen LogP contribution in [0.1, 0.15) is 18.4 Å². The first-order valence-electron chi connectivity index (χ1n) is 7.81. The molecule has 0 radical (unpaired) electrons. The first-order valence-corrected chi connectivity index (χ1v) is 8.56. The van der Waals surface area contributed by atoms with E-state index in [1.54, 1.807) is 6.20 Å². The molecule has 0 N–H and O–H groups in total. The molecular weight excluding hydrogens is 331 g/mol. The van der Waals surface area contributed by atoms with Crippen LogP contribution in [-0.4, -0.2) is 41.3 Å². The van der Waals surface area contributed by atoms with E-state index in [0.717, 1.165) is 47.5 Å². The topological polar surface area (TPSA) is 32.3 Å². The Hall–Kier alpha value is -1.36. The Morgan fingerprint density at radius 1 is 1.22 bits per heavy atom. The van der Waals surface area contributed by atoms with Gasteiger partial charge in [0, 0.05) is 47.5 Å². The van der Waals surface area contributed by atoms with Gasteiger partial charge in [0.1, 0.15) is 0 Å². The second-order valence-electron chi connectivity index (χ2n) is 5.97. The molecule has 0 spiro atoms. The Morgan fingerprint density at radius 3 is 2.70 bits per heavy atom. The van der Waals surface area contributed by atoms with Crippen molar-refractivity contribution < 1.29 is 0 Å². The van der Waals surface area contributed by atoms with Gasteiger partial charge in [0.15, 0.2) is 5.82 Å². The number of hydrogen-bond donors (Lipinski definition) is 0. The molecule has 0 amide bonds. The summed E-state index contributed by atoms with van der Waals surface area (Å²) in [5, 5.41) is 9.69. The number of hydrogen-bond acceptors (Lipinski definition) is 4. The van der Waals surface area contributed by atoms with Gasteiger partial charge in [0.25, 0.3) is 0 Å². The zero-order valence-electron chi connectivity index (χ0n) is 13.1. The van der Waals surface area contributed by atoms with Crippen LogP contribution in [0.25, 0.3) is 0 Å². The Kier molecular flexibility index (Phi) is 5.36. The molecule has 122 valence electrons. The number of benzene rings is 1. The summed E-state index contributed by atoms with van der Waals surface area (Å²) in [4.78, 5) is 4.62. The fourth-order valence-corrected chi connectivity index (χ4v) is 3.67. The molecule has 1 aromatic carbocycles. The largest absolute Gasteiger partial charge is 0.351 e. The Morgan fingerprint density at radius 2 is 2.00 bits per heavy atom. The molecule has 0 saturated carbocycles. The molecule has 0 bridgehead atoms. The van der Waals surface area contributed by atoms with Crippen molar-refractivity contribution in [2.24, 2.45) is 0 Å². The van der Waals surface area contributed by atoms with Crippen LogP contribution in [0.4, 0.5) is 5.82 Å². The third-order valence-corrected chi connectivity index (χ3v) is 4.95.